The van der Waals surface area contributed by atoms with E-state index in [1.165, 1.54) is 63.8 Å². The number of nitrogens with one attached hydrogen (secondary N) is 2. The molecule has 5 heteroatoms. The van der Waals surface area contributed by atoms with Crippen LogP contribution in [0, 0.1) is 58.2 Å². The van der Waals surface area contributed by atoms with Crippen LogP contribution < -0.4 is 5.32 Å². The minimum absolute atomic E-state index is 0.138. The molecule has 33 heavy (non-hydrogen) atoms. The van der Waals surface area contributed by atoms with Gasteiger partial charge in [-0.05, 0) is 91.8 Å². The number of carbonyl (C=O) groups excluding carboxylic acids is 1. The Bertz CT molecular complexity index is 893. The smallest absolute Gasteiger partial charge is 0.228 e. The van der Waals surface area contributed by atoms with Crippen molar-refractivity contribution >= 4 is 17.6 Å². The van der Waals surface area contributed by atoms with Crippen molar-refractivity contribution in [3.63, 3.8) is 0 Å². The largest absolute Gasteiger partial charge is 0.444 e. The zero-order valence-electron chi connectivity index (χ0n) is 20.6. The average molecular weight is 452 g/mol. The van der Waals surface area contributed by atoms with Crippen molar-refractivity contribution in [1.82, 2.24) is 10.3 Å². The fourth-order valence-corrected chi connectivity index (χ4v) is 9.04. The number of allylic oxidation sites excluding steroid dienone is 1. The number of hydrogen-bond acceptors (Lipinski definition) is 5. The van der Waals surface area contributed by atoms with Crippen molar-refractivity contribution in [2.45, 2.75) is 72.1 Å². The van der Waals surface area contributed by atoms with Gasteiger partial charge in [-0.15, -0.1) is 0 Å². The van der Waals surface area contributed by atoms with Gasteiger partial charge in [-0.3, -0.25) is 4.79 Å². The first-order valence-corrected chi connectivity index (χ1v) is 13.3. The molecule has 180 valence electrons. The van der Waals surface area contributed by atoms with Gasteiger partial charge < -0.3 is 15.1 Å². The Balaban J connectivity index is 1.27. The van der Waals surface area contributed by atoms with Crippen LogP contribution in [-0.2, 0) is 4.79 Å². The van der Waals surface area contributed by atoms with E-state index in [1.54, 1.807) is 12.4 Å². The molecule has 1 aromatic rings. The highest BCUT2D eigenvalue weighted by Crippen LogP contribution is 2.65. The van der Waals surface area contributed by atoms with Crippen molar-refractivity contribution in [3.05, 3.63) is 24.6 Å². The van der Waals surface area contributed by atoms with Crippen LogP contribution in [0.5, 0.6) is 0 Å². The number of oxazole rings is 1. The Morgan fingerprint density at radius 1 is 1.18 bits per heavy atom. The third-order valence-corrected chi connectivity index (χ3v) is 10.3. The molecule has 2 N–H and O–H groups in total. The van der Waals surface area contributed by atoms with Crippen LogP contribution >= 0.6 is 0 Å². The highest BCUT2D eigenvalue weighted by molar-refractivity contribution is 6.06. The lowest BCUT2D eigenvalue weighted by molar-refractivity contribution is -0.130. The van der Waals surface area contributed by atoms with Crippen molar-refractivity contribution < 1.29 is 9.21 Å². The summed E-state index contributed by atoms with van der Waals surface area (Å²) in [4.78, 5) is 17.6. The summed E-state index contributed by atoms with van der Waals surface area (Å²) in [5, 5.41) is 10.8. The van der Waals surface area contributed by atoms with E-state index < -0.39 is 0 Å². The topological polar surface area (TPSA) is 79.0 Å². The van der Waals surface area contributed by atoms with Crippen LogP contribution in [0.3, 0.4) is 0 Å². The summed E-state index contributed by atoms with van der Waals surface area (Å²) in [5.74, 6) is 6.62. The zero-order valence-corrected chi connectivity index (χ0v) is 20.6. The summed E-state index contributed by atoms with van der Waals surface area (Å²) < 4.78 is 5.29. The molecule has 5 rings (SSSR count). The molecule has 9 unspecified atom stereocenters. The second-order valence-corrected chi connectivity index (χ2v) is 12.0. The number of fused-ring (bicyclic) bond motifs is 5. The summed E-state index contributed by atoms with van der Waals surface area (Å²) in [7, 11) is 0. The maximum Gasteiger partial charge on any atom is 0.228 e. The highest BCUT2D eigenvalue weighted by atomic mass is 16.3. The number of rotatable bonds is 6. The van der Waals surface area contributed by atoms with Crippen LogP contribution in [-0.4, -0.2) is 23.5 Å². The van der Waals surface area contributed by atoms with E-state index in [-0.39, 0.29) is 11.3 Å². The van der Waals surface area contributed by atoms with E-state index in [4.69, 9.17) is 9.83 Å². The van der Waals surface area contributed by atoms with Gasteiger partial charge in [-0.25, -0.2) is 4.98 Å². The van der Waals surface area contributed by atoms with Crippen LogP contribution in [0.25, 0.3) is 5.57 Å². The van der Waals surface area contributed by atoms with Gasteiger partial charge in [0.15, 0.2) is 5.78 Å². The van der Waals surface area contributed by atoms with E-state index >= 15 is 0 Å². The Kier molecular flexibility index (Phi) is 6.26. The second-order valence-electron chi connectivity index (χ2n) is 12.0. The van der Waals surface area contributed by atoms with Gasteiger partial charge in [-0.1, -0.05) is 27.2 Å². The van der Waals surface area contributed by atoms with Gasteiger partial charge in [0.25, 0.3) is 0 Å². The molecular weight excluding hydrogens is 410 g/mol. The molecule has 0 radical (unpaired) electrons. The molecule has 0 spiro atoms. The van der Waals surface area contributed by atoms with Gasteiger partial charge in [-0.2, -0.15) is 0 Å². The number of carbonyl (C=O) groups is 1. The summed E-state index contributed by atoms with van der Waals surface area (Å²) >= 11 is 0. The summed E-state index contributed by atoms with van der Waals surface area (Å²) in [6.45, 7) is 7.53. The first-order chi connectivity index (χ1) is 15.9. The van der Waals surface area contributed by atoms with E-state index in [0.29, 0.717) is 35.6 Å². The minimum Gasteiger partial charge on any atom is -0.444 e. The Morgan fingerprint density at radius 2 is 2.00 bits per heavy atom. The monoisotopic (exact) mass is 451 g/mol. The van der Waals surface area contributed by atoms with Crippen LogP contribution in [0.4, 0.5) is 0 Å². The van der Waals surface area contributed by atoms with E-state index in [9.17, 15) is 4.79 Å². The zero-order chi connectivity index (χ0) is 23.2. The third-order valence-electron chi connectivity index (χ3n) is 10.3. The maximum absolute atomic E-state index is 13.5. The minimum atomic E-state index is 0.138. The molecule has 0 aromatic carbocycles. The number of ketones is 1. The third kappa shape index (κ3) is 4.00. The van der Waals surface area contributed by atoms with Crippen molar-refractivity contribution in [3.8, 4) is 0 Å². The fourth-order valence-electron chi connectivity index (χ4n) is 9.04. The predicted octanol–water partition coefficient (Wildman–Crippen LogP) is 5.97. The van der Waals surface area contributed by atoms with Gasteiger partial charge in [0.1, 0.15) is 6.26 Å². The number of nitrogens with zero attached hydrogens (tertiary/aromatic N) is 1. The number of Topliss-reactive ketones (excluding diaryl/α,β-unsaturated/α-hetero) is 1. The first kappa shape index (κ1) is 22.9. The molecule has 4 saturated carbocycles. The van der Waals surface area contributed by atoms with Gasteiger partial charge in [0.2, 0.25) is 5.89 Å². The van der Waals surface area contributed by atoms with E-state index in [1.807, 2.05) is 0 Å². The van der Waals surface area contributed by atoms with Crippen LogP contribution in [0.1, 0.15) is 78.0 Å². The van der Waals surface area contributed by atoms with Gasteiger partial charge in [0.05, 0.1) is 18.3 Å². The lowest BCUT2D eigenvalue weighted by Crippen LogP contribution is -2.50. The molecule has 0 aliphatic heterocycles. The molecule has 0 amide bonds. The van der Waals surface area contributed by atoms with E-state index in [2.05, 4.69) is 31.1 Å². The summed E-state index contributed by atoms with van der Waals surface area (Å²) in [6.07, 6.45) is 16.9. The van der Waals surface area contributed by atoms with Crippen LogP contribution in [0.2, 0.25) is 0 Å². The molecule has 0 saturated heterocycles. The van der Waals surface area contributed by atoms with Crippen molar-refractivity contribution in [2.24, 2.45) is 52.8 Å². The lowest BCUT2D eigenvalue weighted by Gasteiger charge is -2.56. The Morgan fingerprint density at radius 3 is 2.76 bits per heavy atom. The molecule has 4 aliphatic carbocycles. The first-order valence-electron chi connectivity index (χ1n) is 13.3. The Labute approximate surface area is 198 Å². The average Bonchev–Trinajstić information content (AvgIpc) is 3.41. The molecule has 1 heterocycles. The molecule has 5 nitrogen and oxygen atoms in total. The molecule has 9 atom stereocenters. The van der Waals surface area contributed by atoms with Crippen LogP contribution in [0.15, 0.2) is 23.1 Å². The molecule has 4 fully saturated rings. The summed E-state index contributed by atoms with van der Waals surface area (Å²) in [6, 6.07) is 0. The number of aromatic nitrogens is 1. The standard InChI is InChI=1S/C28H41N3O2/c1-17-4-6-21-19(12-17)5-7-23-22(21)8-9-28(3)24(23)13-18(2)26(28)25(32)16-30-15-20(14-29)27-31-10-11-33-27/h10-11,14-15,17-19,21-24,26,29-30H,4-9,12-13,16H2,1-3H3/b20-15+,29-14?. The summed E-state index contributed by atoms with van der Waals surface area (Å²) in [5.41, 5.74) is 0.695. The van der Waals surface area contributed by atoms with Crippen molar-refractivity contribution in [2.75, 3.05) is 6.54 Å². The lowest BCUT2D eigenvalue weighted by atomic mass is 9.49. The predicted molar refractivity (Wildman–Crippen MR) is 131 cm³/mol. The molecular formula is C28H41N3O2. The van der Waals surface area contributed by atoms with Gasteiger partial charge in [0, 0.05) is 18.3 Å². The molecule has 4 aliphatic rings. The normalized spacial score (nSPS) is 42.7. The highest BCUT2D eigenvalue weighted by Gasteiger charge is 2.60. The molecule has 1 aromatic heterocycles. The van der Waals surface area contributed by atoms with E-state index in [0.717, 1.165) is 29.6 Å². The Hall–Kier alpha value is -1.91. The second kappa shape index (κ2) is 9.03. The SMILES string of the molecule is CC1CCC2C(CCC3C2CCC2(C)C3CC(C)C2C(=O)CN/C=C(\C=N)c2ncco2)C1. The van der Waals surface area contributed by atoms with Gasteiger partial charge >= 0.3 is 0 Å². The molecule has 0 bridgehead atoms. The number of hydrogen-bond donors (Lipinski definition) is 2. The van der Waals surface area contributed by atoms with Crippen molar-refractivity contribution in [1.29, 1.82) is 5.41 Å². The quantitative estimate of drug-likeness (QED) is 0.522. The maximum atomic E-state index is 13.5. The fraction of sp³-hybridized carbons (Fsp3) is 0.750.